The number of hydrogen-bond acceptors (Lipinski definition) is 4. The lowest BCUT2D eigenvalue weighted by Crippen LogP contribution is -2.41. The molecule has 0 bridgehead atoms. The second-order valence-corrected chi connectivity index (χ2v) is 8.39. The number of likely N-dealkylation sites (tertiary alicyclic amines) is 1. The molecule has 24 heavy (non-hydrogen) atoms. The van der Waals surface area contributed by atoms with Gasteiger partial charge >= 0.3 is 0 Å². The number of nitrogens with zero attached hydrogens (tertiary/aromatic N) is 2. The van der Waals surface area contributed by atoms with Crippen molar-refractivity contribution >= 4 is 17.2 Å². The van der Waals surface area contributed by atoms with Crippen molar-refractivity contribution in [2.45, 2.75) is 58.3 Å². The van der Waals surface area contributed by atoms with Crippen LogP contribution in [0.25, 0.3) is 0 Å². The molecule has 2 aliphatic heterocycles. The second kappa shape index (κ2) is 8.43. The van der Waals surface area contributed by atoms with Gasteiger partial charge in [0.25, 0.3) is 0 Å². The van der Waals surface area contributed by atoms with E-state index in [1.54, 1.807) is 11.3 Å². The lowest BCUT2D eigenvalue weighted by atomic mass is 9.85. The molecule has 0 aliphatic carbocycles. The van der Waals surface area contributed by atoms with Crippen LogP contribution in [0, 0.1) is 11.8 Å². The molecular formula is C19H31N3OS. The first-order valence-corrected chi connectivity index (χ1v) is 10.5. The molecule has 1 N–H and O–H groups in total. The van der Waals surface area contributed by atoms with Gasteiger partial charge in [-0.2, -0.15) is 0 Å². The first kappa shape index (κ1) is 17.9. The van der Waals surface area contributed by atoms with Crippen molar-refractivity contribution in [2.75, 3.05) is 26.2 Å². The molecule has 0 radical (unpaired) electrons. The number of amides is 1. The molecule has 5 heteroatoms. The molecule has 3 heterocycles. The molecule has 1 amide bonds. The van der Waals surface area contributed by atoms with E-state index in [0.717, 1.165) is 39.0 Å². The van der Waals surface area contributed by atoms with Crippen LogP contribution in [0.1, 0.15) is 62.6 Å². The van der Waals surface area contributed by atoms with Gasteiger partial charge in [0, 0.05) is 30.8 Å². The van der Waals surface area contributed by atoms with E-state index >= 15 is 0 Å². The summed E-state index contributed by atoms with van der Waals surface area (Å²) in [4.78, 5) is 19.6. The van der Waals surface area contributed by atoms with Crippen LogP contribution in [0.4, 0.5) is 0 Å². The summed E-state index contributed by atoms with van der Waals surface area (Å²) in [7, 11) is 0. The monoisotopic (exact) mass is 349 g/mol. The molecular weight excluding hydrogens is 318 g/mol. The molecule has 0 aromatic carbocycles. The van der Waals surface area contributed by atoms with Crippen LogP contribution < -0.4 is 5.32 Å². The van der Waals surface area contributed by atoms with Crippen molar-refractivity contribution in [1.82, 2.24) is 15.2 Å². The van der Waals surface area contributed by atoms with Crippen molar-refractivity contribution in [1.29, 1.82) is 0 Å². The zero-order valence-electron chi connectivity index (χ0n) is 15.1. The van der Waals surface area contributed by atoms with Crippen LogP contribution in [-0.4, -0.2) is 42.0 Å². The highest BCUT2D eigenvalue weighted by molar-refractivity contribution is 7.09. The summed E-state index contributed by atoms with van der Waals surface area (Å²) in [6.07, 6.45) is 6.50. The molecule has 1 aromatic rings. The number of carbonyl (C=O) groups excluding carboxylic acids is 1. The zero-order chi connectivity index (χ0) is 16.9. The Balaban J connectivity index is 1.54. The standard InChI is InChI=1S/C19H31N3OS/c1-3-17-13-24-19(21-17)16-7-5-9-22(12-16)18(23)10-14(2)15-6-4-8-20-11-15/h13-16,20H,3-12H2,1-2H3. The fourth-order valence-corrected chi connectivity index (χ4v) is 5.04. The minimum Gasteiger partial charge on any atom is -0.342 e. The molecule has 3 atom stereocenters. The number of nitrogens with one attached hydrogen (secondary N) is 1. The van der Waals surface area contributed by atoms with E-state index in [-0.39, 0.29) is 0 Å². The van der Waals surface area contributed by atoms with Crippen LogP contribution in [0.5, 0.6) is 0 Å². The van der Waals surface area contributed by atoms with Crippen molar-refractivity contribution in [3.63, 3.8) is 0 Å². The summed E-state index contributed by atoms with van der Waals surface area (Å²) in [5.74, 6) is 1.94. The SMILES string of the molecule is CCc1csc(C2CCCN(C(=O)CC(C)C3CCCNC3)C2)n1. The van der Waals surface area contributed by atoms with Crippen molar-refractivity contribution < 1.29 is 4.79 Å². The maximum Gasteiger partial charge on any atom is 0.222 e. The van der Waals surface area contributed by atoms with Gasteiger partial charge in [0.1, 0.15) is 0 Å². The minimum absolute atomic E-state index is 0.352. The average molecular weight is 350 g/mol. The lowest BCUT2D eigenvalue weighted by Gasteiger charge is -2.34. The molecule has 2 aliphatic rings. The summed E-state index contributed by atoms with van der Waals surface area (Å²) >= 11 is 1.77. The number of thiazole rings is 1. The van der Waals surface area contributed by atoms with Gasteiger partial charge in [0.2, 0.25) is 5.91 Å². The summed E-state index contributed by atoms with van der Waals surface area (Å²) in [6.45, 7) is 8.42. The molecule has 4 nitrogen and oxygen atoms in total. The second-order valence-electron chi connectivity index (χ2n) is 7.50. The van der Waals surface area contributed by atoms with Crippen LogP contribution in [0.15, 0.2) is 5.38 Å². The minimum atomic E-state index is 0.352. The number of hydrogen-bond donors (Lipinski definition) is 1. The fraction of sp³-hybridized carbons (Fsp3) is 0.789. The van der Waals surface area contributed by atoms with Gasteiger partial charge in [0.05, 0.1) is 10.7 Å². The average Bonchev–Trinajstić information content (AvgIpc) is 3.12. The van der Waals surface area contributed by atoms with E-state index in [4.69, 9.17) is 4.98 Å². The smallest absolute Gasteiger partial charge is 0.222 e. The molecule has 3 rings (SSSR count). The Kier molecular flexibility index (Phi) is 6.28. The van der Waals surface area contributed by atoms with Crippen LogP contribution >= 0.6 is 11.3 Å². The maximum absolute atomic E-state index is 12.8. The first-order chi connectivity index (χ1) is 11.7. The van der Waals surface area contributed by atoms with Crippen molar-refractivity contribution in [3.05, 3.63) is 16.1 Å². The van der Waals surface area contributed by atoms with E-state index in [9.17, 15) is 4.79 Å². The van der Waals surface area contributed by atoms with Gasteiger partial charge in [-0.15, -0.1) is 11.3 Å². The molecule has 3 unspecified atom stereocenters. The highest BCUT2D eigenvalue weighted by Gasteiger charge is 2.29. The maximum atomic E-state index is 12.8. The Bertz CT molecular complexity index is 538. The fourth-order valence-electron chi connectivity index (χ4n) is 4.01. The van der Waals surface area contributed by atoms with Gasteiger partial charge in [-0.05, 0) is 57.0 Å². The molecule has 0 saturated carbocycles. The van der Waals surface area contributed by atoms with E-state index in [1.165, 1.54) is 30.0 Å². The number of piperidine rings is 2. The molecule has 2 saturated heterocycles. The number of rotatable bonds is 5. The quantitative estimate of drug-likeness (QED) is 0.886. The van der Waals surface area contributed by atoms with Gasteiger partial charge in [0.15, 0.2) is 0 Å². The summed E-state index contributed by atoms with van der Waals surface area (Å²) < 4.78 is 0. The predicted octanol–water partition coefficient (Wildman–Crippen LogP) is 3.44. The van der Waals surface area contributed by atoms with Crippen molar-refractivity contribution in [3.8, 4) is 0 Å². The molecule has 2 fully saturated rings. The molecule has 0 spiro atoms. The normalized spacial score (nSPS) is 26.3. The zero-order valence-corrected chi connectivity index (χ0v) is 15.9. The Morgan fingerprint density at radius 1 is 1.46 bits per heavy atom. The highest BCUT2D eigenvalue weighted by Crippen LogP contribution is 2.30. The Hall–Kier alpha value is -0.940. The Morgan fingerprint density at radius 2 is 2.33 bits per heavy atom. The van der Waals surface area contributed by atoms with Gasteiger partial charge in [-0.25, -0.2) is 4.98 Å². The summed E-state index contributed by atoms with van der Waals surface area (Å²) in [5.41, 5.74) is 1.19. The van der Waals surface area contributed by atoms with Gasteiger partial charge < -0.3 is 10.2 Å². The van der Waals surface area contributed by atoms with E-state index < -0.39 is 0 Å². The molecule has 134 valence electrons. The van der Waals surface area contributed by atoms with Crippen molar-refractivity contribution in [2.24, 2.45) is 11.8 Å². The first-order valence-electron chi connectivity index (χ1n) is 9.60. The van der Waals surface area contributed by atoms with E-state index in [1.807, 2.05) is 0 Å². The molecule has 1 aromatic heterocycles. The largest absolute Gasteiger partial charge is 0.342 e. The predicted molar refractivity (Wildman–Crippen MR) is 99.4 cm³/mol. The topological polar surface area (TPSA) is 45.2 Å². The van der Waals surface area contributed by atoms with E-state index in [2.05, 4.69) is 29.4 Å². The number of carbonyl (C=O) groups is 1. The van der Waals surface area contributed by atoms with Gasteiger partial charge in [-0.1, -0.05) is 13.8 Å². The Morgan fingerprint density at radius 3 is 3.04 bits per heavy atom. The summed E-state index contributed by atoms with van der Waals surface area (Å²) in [6, 6.07) is 0. The van der Waals surface area contributed by atoms with Gasteiger partial charge in [-0.3, -0.25) is 4.79 Å². The van der Waals surface area contributed by atoms with Crippen LogP contribution in [0.3, 0.4) is 0 Å². The highest BCUT2D eigenvalue weighted by atomic mass is 32.1. The van der Waals surface area contributed by atoms with E-state index in [0.29, 0.717) is 30.1 Å². The lowest BCUT2D eigenvalue weighted by molar-refractivity contribution is -0.133. The number of aryl methyl sites for hydroxylation is 1. The van der Waals surface area contributed by atoms with Crippen LogP contribution in [0.2, 0.25) is 0 Å². The third-order valence-electron chi connectivity index (χ3n) is 5.69. The number of aromatic nitrogens is 1. The van der Waals surface area contributed by atoms with Crippen LogP contribution in [-0.2, 0) is 11.2 Å². The Labute approximate surface area is 150 Å². The summed E-state index contributed by atoms with van der Waals surface area (Å²) in [5, 5.41) is 6.88. The third kappa shape index (κ3) is 4.37. The third-order valence-corrected chi connectivity index (χ3v) is 6.75.